The minimum Gasteiger partial charge on any atom is -0.487 e. The first-order valence-electron chi connectivity index (χ1n) is 10.3. The zero-order valence-corrected chi connectivity index (χ0v) is 19.1. The number of aliphatic hydroxyl groups excluding tert-OH is 1. The van der Waals surface area contributed by atoms with E-state index in [0.29, 0.717) is 12.1 Å². The van der Waals surface area contributed by atoms with Gasteiger partial charge in [0.15, 0.2) is 0 Å². The van der Waals surface area contributed by atoms with Crippen molar-refractivity contribution in [3.8, 4) is 22.9 Å². The highest BCUT2D eigenvalue weighted by atomic mass is 32.2. The molecule has 0 spiro atoms. The lowest BCUT2D eigenvalue weighted by atomic mass is 10.0. The van der Waals surface area contributed by atoms with Gasteiger partial charge in [-0.2, -0.15) is 9.57 Å². The molecule has 1 N–H and O–H groups in total. The number of aliphatic hydroxyl groups is 1. The molecule has 0 aliphatic carbocycles. The van der Waals surface area contributed by atoms with Gasteiger partial charge in [-0.1, -0.05) is 25.1 Å². The van der Waals surface area contributed by atoms with Crippen molar-refractivity contribution in [2.75, 3.05) is 33.8 Å². The Hall–Kier alpha value is -2.44. The van der Waals surface area contributed by atoms with Crippen LogP contribution in [-0.2, 0) is 10.0 Å². The number of nitrogens with zero attached hydrogens (tertiary/aromatic N) is 3. The second-order valence-corrected chi connectivity index (χ2v) is 10.2. The molecule has 3 rings (SSSR count). The average Bonchev–Trinajstić information content (AvgIpc) is 2.75. The second-order valence-electron chi connectivity index (χ2n) is 8.36. The molecule has 166 valence electrons. The summed E-state index contributed by atoms with van der Waals surface area (Å²) in [7, 11) is 0.0295. The van der Waals surface area contributed by atoms with E-state index in [9.17, 15) is 18.8 Å². The van der Waals surface area contributed by atoms with Gasteiger partial charge in [-0.25, -0.2) is 8.42 Å². The van der Waals surface area contributed by atoms with E-state index < -0.39 is 16.1 Å². The number of rotatable bonds is 5. The van der Waals surface area contributed by atoms with E-state index in [2.05, 4.69) is 6.07 Å². The smallest absolute Gasteiger partial charge is 0.247 e. The van der Waals surface area contributed by atoms with Gasteiger partial charge >= 0.3 is 0 Å². The molecule has 0 aromatic heterocycles. The number of benzene rings is 2. The van der Waals surface area contributed by atoms with Crippen molar-refractivity contribution in [2.24, 2.45) is 5.92 Å². The van der Waals surface area contributed by atoms with Crippen LogP contribution >= 0.6 is 0 Å². The van der Waals surface area contributed by atoms with Crippen LogP contribution in [0.5, 0.6) is 5.75 Å². The topological polar surface area (TPSA) is 93.9 Å². The molecule has 0 fully saturated rings. The molecular weight excluding hydrogens is 414 g/mol. The van der Waals surface area contributed by atoms with Gasteiger partial charge in [-0.15, -0.1) is 0 Å². The van der Waals surface area contributed by atoms with Gasteiger partial charge in [0.05, 0.1) is 18.2 Å². The van der Waals surface area contributed by atoms with Crippen molar-refractivity contribution < 1.29 is 18.3 Å². The summed E-state index contributed by atoms with van der Waals surface area (Å²) >= 11 is 0. The van der Waals surface area contributed by atoms with Crippen molar-refractivity contribution >= 4 is 10.0 Å². The van der Waals surface area contributed by atoms with Crippen molar-refractivity contribution in [2.45, 2.75) is 30.9 Å². The Balaban J connectivity index is 2.16. The summed E-state index contributed by atoms with van der Waals surface area (Å²) < 4.78 is 34.6. The van der Waals surface area contributed by atoms with Gasteiger partial charge in [-0.3, -0.25) is 0 Å². The van der Waals surface area contributed by atoms with Crippen LogP contribution in [0.2, 0.25) is 0 Å². The Labute approximate surface area is 184 Å². The van der Waals surface area contributed by atoms with Gasteiger partial charge in [0.1, 0.15) is 16.7 Å². The fraction of sp³-hybridized carbons (Fsp3) is 0.435. The molecule has 8 heteroatoms. The van der Waals surface area contributed by atoms with E-state index in [0.717, 1.165) is 11.1 Å². The molecule has 0 amide bonds. The number of ether oxygens (including phenoxy) is 1. The number of nitriles is 1. The van der Waals surface area contributed by atoms with Gasteiger partial charge in [0.25, 0.3) is 0 Å². The van der Waals surface area contributed by atoms with E-state index in [1.54, 1.807) is 43.3 Å². The Kier molecular flexibility index (Phi) is 7.02. The van der Waals surface area contributed by atoms with Crippen molar-refractivity contribution in [3.05, 3.63) is 48.0 Å². The van der Waals surface area contributed by atoms with Crippen LogP contribution in [0.15, 0.2) is 47.4 Å². The molecule has 3 atom stereocenters. The fourth-order valence-corrected chi connectivity index (χ4v) is 5.58. The van der Waals surface area contributed by atoms with E-state index in [4.69, 9.17) is 4.74 Å². The van der Waals surface area contributed by atoms with Crippen LogP contribution < -0.4 is 4.74 Å². The summed E-state index contributed by atoms with van der Waals surface area (Å²) in [5, 5.41) is 18.9. The van der Waals surface area contributed by atoms with E-state index in [1.165, 1.54) is 4.31 Å². The number of likely N-dealkylation sites (N-methyl/N-ethyl adjacent to an activating group) is 1. The summed E-state index contributed by atoms with van der Waals surface area (Å²) in [6, 6.07) is 13.7. The maximum absolute atomic E-state index is 13.5. The standard InChI is InChI=1S/C23H29N3O4S/c1-16-13-26(17(2)15-27)31(28,29)23-9-8-20(19-7-5-6-18(10-19)12-24)11-21(23)30-22(16)14-25(3)4/h5-11,16-17,22,27H,13-15H2,1-4H3/t16-,17+,22+/m0/s1. The molecule has 0 saturated carbocycles. The summed E-state index contributed by atoms with van der Waals surface area (Å²) in [5.41, 5.74) is 2.10. The van der Waals surface area contributed by atoms with Crippen molar-refractivity contribution in [3.63, 3.8) is 0 Å². The van der Waals surface area contributed by atoms with Crippen LogP contribution in [-0.4, -0.2) is 68.7 Å². The lowest BCUT2D eigenvalue weighted by Crippen LogP contribution is -2.49. The normalized spacial score (nSPS) is 22.0. The van der Waals surface area contributed by atoms with Crippen LogP contribution in [0, 0.1) is 17.2 Å². The maximum atomic E-state index is 13.5. The van der Waals surface area contributed by atoms with Gasteiger partial charge in [0.2, 0.25) is 10.0 Å². The molecule has 0 saturated heterocycles. The van der Waals surface area contributed by atoms with Crippen LogP contribution in [0.4, 0.5) is 0 Å². The molecule has 2 aromatic carbocycles. The highest BCUT2D eigenvalue weighted by molar-refractivity contribution is 7.89. The van der Waals surface area contributed by atoms with Crippen LogP contribution in [0.1, 0.15) is 19.4 Å². The largest absolute Gasteiger partial charge is 0.487 e. The number of hydrogen-bond acceptors (Lipinski definition) is 6. The third-order valence-electron chi connectivity index (χ3n) is 5.54. The van der Waals surface area contributed by atoms with Crippen LogP contribution in [0.3, 0.4) is 0 Å². The summed E-state index contributed by atoms with van der Waals surface area (Å²) in [6.45, 7) is 4.28. The van der Waals surface area contributed by atoms with E-state index in [1.807, 2.05) is 32.0 Å². The minimum atomic E-state index is -3.87. The lowest BCUT2D eigenvalue weighted by molar-refractivity contribution is 0.0813. The Morgan fingerprint density at radius 2 is 1.97 bits per heavy atom. The SMILES string of the molecule is C[C@H](CO)N1C[C@H](C)[C@@H](CN(C)C)Oc2cc(-c3cccc(C#N)c3)ccc2S1(=O)=O. The quantitative estimate of drug-likeness (QED) is 0.763. The first-order valence-corrected chi connectivity index (χ1v) is 11.7. The molecule has 2 aromatic rings. The first kappa shape index (κ1) is 23.2. The minimum absolute atomic E-state index is 0.0867. The predicted octanol–water partition coefficient (Wildman–Crippen LogP) is 2.56. The Morgan fingerprint density at radius 3 is 2.61 bits per heavy atom. The molecule has 0 radical (unpaired) electrons. The third kappa shape index (κ3) is 4.91. The molecular formula is C23H29N3O4S. The average molecular weight is 444 g/mol. The van der Waals surface area contributed by atoms with Gasteiger partial charge in [0, 0.05) is 25.0 Å². The highest BCUT2D eigenvalue weighted by Crippen LogP contribution is 2.36. The fourth-order valence-electron chi connectivity index (χ4n) is 3.75. The molecule has 31 heavy (non-hydrogen) atoms. The third-order valence-corrected chi connectivity index (χ3v) is 7.56. The zero-order valence-electron chi connectivity index (χ0n) is 18.3. The predicted molar refractivity (Wildman–Crippen MR) is 119 cm³/mol. The molecule has 7 nitrogen and oxygen atoms in total. The lowest BCUT2D eigenvalue weighted by Gasteiger charge is -2.37. The summed E-state index contributed by atoms with van der Waals surface area (Å²) in [5.74, 6) is 0.193. The van der Waals surface area contributed by atoms with Gasteiger partial charge in [-0.05, 0) is 56.4 Å². The molecule has 1 aliphatic heterocycles. The zero-order chi connectivity index (χ0) is 22.8. The highest BCUT2D eigenvalue weighted by Gasteiger charge is 2.37. The molecule has 0 bridgehead atoms. The van der Waals surface area contributed by atoms with Crippen molar-refractivity contribution in [1.82, 2.24) is 9.21 Å². The molecule has 1 heterocycles. The van der Waals surface area contributed by atoms with E-state index >= 15 is 0 Å². The monoisotopic (exact) mass is 443 g/mol. The number of hydrogen-bond donors (Lipinski definition) is 1. The Morgan fingerprint density at radius 1 is 1.26 bits per heavy atom. The van der Waals surface area contributed by atoms with E-state index in [-0.39, 0.29) is 35.8 Å². The maximum Gasteiger partial charge on any atom is 0.247 e. The Bertz CT molecular complexity index is 1080. The van der Waals surface area contributed by atoms with Gasteiger partial charge < -0.3 is 14.7 Å². The number of fused-ring (bicyclic) bond motifs is 1. The summed E-state index contributed by atoms with van der Waals surface area (Å²) in [6.07, 6.45) is -0.238. The second kappa shape index (κ2) is 9.37. The van der Waals surface area contributed by atoms with Crippen LogP contribution in [0.25, 0.3) is 11.1 Å². The number of sulfonamides is 1. The molecule has 1 aliphatic rings. The van der Waals surface area contributed by atoms with Crippen molar-refractivity contribution in [1.29, 1.82) is 5.26 Å². The first-order chi connectivity index (χ1) is 14.7. The summed E-state index contributed by atoms with van der Waals surface area (Å²) in [4.78, 5) is 2.10. The molecule has 0 unspecified atom stereocenters.